The van der Waals surface area contributed by atoms with Gasteiger partial charge in [-0.05, 0) is 38.8 Å². The van der Waals surface area contributed by atoms with Gasteiger partial charge in [0.05, 0.1) is 6.10 Å². The van der Waals surface area contributed by atoms with E-state index in [1.165, 1.54) is 58.5 Å². The summed E-state index contributed by atoms with van der Waals surface area (Å²) in [7, 11) is 0. The zero-order valence-electron chi connectivity index (χ0n) is 10.9. The molecule has 4 heteroatoms. The highest BCUT2D eigenvalue weighted by Gasteiger charge is 2.19. The molecule has 0 spiro atoms. The predicted octanol–water partition coefficient (Wildman–Crippen LogP) is 0.522. The first-order chi connectivity index (χ1) is 8.38. The van der Waals surface area contributed by atoms with Crippen molar-refractivity contribution in [3.63, 3.8) is 0 Å². The third-order valence-electron chi connectivity index (χ3n) is 3.93. The summed E-state index contributed by atoms with van der Waals surface area (Å²) in [6, 6.07) is 0. The van der Waals surface area contributed by atoms with Crippen molar-refractivity contribution in [2.45, 2.75) is 31.8 Å². The van der Waals surface area contributed by atoms with Gasteiger partial charge in [0.25, 0.3) is 0 Å². The van der Waals surface area contributed by atoms with Crippen LogP contribution in [0.25, 0.3) is 0 Å². The molecular formula is C13H27N3O. The molecule has 4 nitrogen and oxygen atoms in total. The summed E-state index contributed by atoms with van der Waals surface area (Å²) in [5.41, 5.74) is 5.54. The van der Waals surface area contributed by atoms with Crippen molar-refractivity contribution in [3.8, 4) is 0 Å². The van der Waals surface area contributed by atoms with E-state index in [1.54, 1.807) is 0 Å². The highest BCUT2D eigenvalue weighted by Crippen LogP contribution is 2.16. The summed E-state index contributed by atoms with van der Waals surface area (Å²) in [6.07, 6.45) is 5.44. The quantitative estimate of drug-likeness (QED) is 0.736. The van der Waals surface area contributed by atoms with E-state index in [4.69, 9.17) is 10.5 Å². The average Bonchev–Trinajstić information content (AvgIpc) is 2.88. The molecule has 0 amide bonds. The van der Waals surface area contributed by atoms with Crippen molar-refractivity contribution >= 4 is 0 Å². The van der Waals surface area contributed by atoms with Crippen molar-refractivity contribution in [1.82, 2.24) is 9.80 Å². The van der Waals surface area contributed by atoms with Gasteiger partial charge in [-0.3, -0.25) is 0 Å². The predicted molar refractivity (Wildman–Crippen MR) is 70.1 cm³/mol. The Kier molecular flexibility index (Phi) is 5.71. The summed E-state index contributed by atoms with van der Waals surface area (Å²) in [5, 5.41) is 0. The number of nitrogens with zero attached hydrogens (tertiary/aromatic N) is 2. The van der Waals surface area contributed by atoms with E-state index in [-0.39, 0.29) is 0 Å². The number of hydrogen-bond acceptors (Lipinski definition) is 4. The topological polar surface area (TPSA) is 41.7 Å². The first-order valence-electron chi connectivity index (χ1n) is 7.15. The molecule has 100 valence electrons. The Hall–Kier alpha value is -0.160. The first kappa shape index (κ1) is 13.3. The fraction of sp³-hybridized carbons (Fsp3) is 1.00. The van der Waals surface area contributed by atoms with Crippen LogP contribution in [0.5, 0.6) is 0 Å². The Balaban J connectivity index is 1.55. The highest BCUT2D eigenvalue weighted by atomic mass is 16.5. The van der Waals surface area contributed by atoms with E-state index < -0.39 is 0 Å². The van der Waals surface area contributed by atoms with Crippen molar-refractivity contribution < 1.29 is 4.74 Å². The third-order valence-corrected chi connectivity index (χ3v) is 3.93. The molecule has 2 heterocycles. The fourth-order valence-electron chi connectivity index (χ4n) is 2.75. The number of hydrogen-bond donors (Lipinski definition) is 1. The minimum Gasteiger partial charge on any atom is -0.378 e. The van der Waals surface area contributed by atoms with Crippen LogP contribution in [-0.2, 0) is 4.74 Å². The second-order valence-corrected chi connectivity index (χ2v) is 5.25. The van der Waals surface area contributed by atoms with Gasteiger partial charge in [-0.1, -0.05) is 0 Å². The molecule has 0 aromatic heterocycles. The monoisotopic (exact) mass is 241 g/mol. The summed E-state index contributed by atoms with van der Waals surface area (Å²) >= 11 is 0. The lowest BCUT2D eigenvalue weighted by molar-refractivity contribution is 0.0775. The van der Waals surface area contributed by atoms with Crippen LogP contribution < -0.4 is 5.73 Å². The van der Waals surface area contributed by atoms with E-state index in [2.05, 4.69) is 9.80 Å². The van der Waals surface area contributed by atoms with Gasteiger partial charge >= 0.3 is 0 Å². The van der Waals surface area contributed by atoms with Gasteiger partial charge in [0.1, 0.15) is 0 Å². The smallest absolute Gasteiger partial charge is 0.0588 e. The largest absolute Gasteiger partial charge is 0.378 e. The van der Waals surface area contributed by atoms with E-state index in [9.17, 15) is 0 Å². The Morgan fingerprint density at radius 3 is 2.35 bits per heavy atom. The lowest BCUT2D eigenvalue weighted by Gasteiger charge is -2.35. The van der Waals surface area contributed by atoms with Crippen LogP contribution in [0, 0.1) is 0 Å². The Labute approximate surface area is 105 Å². The van der Waals surface area contributed by atoms with Crippen LogP contribution in [0.2, 0.25) is 0 Å². The number of piperazine rings is 1. The molecule has 0 radical (unpaired) electrons. The maximum atomic E-state index is 5.67. The molecule has 2 aliphatic heterocycles. The third kappa shape index (κ3) is 4.54. The SMILES string of the molecule is NCCCN1CCN(CCC2CCCO2)CC1. The molecule has 0 bridgehead atoms. The Morgan fingerprint density at radius 1 is 1.06 bits per heavy atom. The van der Waals surface area contributed by atoms with Crippen molar-refractivity contribution in [1.29, 1.82) is 0 Å². The minimum atomic E-state index is 0.547. The second-order valence-electron chi connectivity index (χ2n) is 5.25. The molecule has 17 heavy (non-hydrogen) atoms. The molecule has 2 aliphatic rings. The maximum absolute atomic E-state index is 5.67. The molecule has 1 unspecified atom stereocenters. The molecule has 2 saturated heterocycles. The average molecular weight is 241 g/mol. The summed E-state index contributed by atoms with van der Waals surface area (Å²) in [6.45, 7) is 9.06. The van der Waals surface area contributed by atoms with E-state index in [0.29, 0.717) is 6.10 Å². The van der Waals surface area contributed by atoms with Gasteiger partial charge in [0.15, 0.2) is 0 Å². The Morgan fingerprint density at radius 2 is 1.76 bits per heavy atom. The molecule has 0 aromatic rings. The molecule has 2 fully saturated rings. The van der Waals surface area contributed by atoms with Crippen molar-refractivity contribution in [2.75, 3.05) is 52.4 Å². The number of ether oxygens (including phenoxy) is 1. The number of nitrogens with two attached hydrogens (primary N) is 1. The van der Waals surface area contributed by atoms with Gasteiger partial charge < -0.3 is 20.3 Å². The molecule has 0 saturated carbocycles. The van der Waals surface area contributed by atoms with Crippen molar-refractivity contribution in [2.24, 2.45) is 5.73 Å². The number of rotatable bonds is 6. The molecule has 0 aromatic carbocycles. The van der Waals surface area contributed by atoms with Crippen LogP contribution in [0.15, 0.2) is 0 Å². The summed E-state index contributed by atoms with van der Waals surface area (Å²) < 4.78 is 5.67. The lowest BCUT2D eigenvalue weighted by Crippen LogP contribution is -2.47. The standard InChI is InChI=1S/C13H27N3O/c14-5-2-6-15-8-10-16(11-9-15)7-4-13-3-1-12-17-13/h13H,1-12,14H2. The van der Waals surface area contributed by atoms with Gasteiger partial charge in [0, 0.05) is 39.3 Å². The van der Waals surface area contributed by atoms with E-state index in [1.807, 2.05) is 0 Å². The van der Waals surface area contributed by atoms with Crippen molar-refractivity contribution in [3.05, 3.63) is 0 Å². The second kappa shape index (κ2) is 7.31. The maximum Gasteiger partial charge on any atom is 0.0588 e. The molecular weight excluding hydrogens is 214 g/mol. The van der Waals surface area contributed by atoms with Crippen LogP contribution in [0.1, 0.15) is 25.7 Å². The van der Waals surface area contributed by atoms with Gasteiger partial charge in [0.2, 0.25) is 0 Å². The van der Waals surface area contributed by atoms with Crippen LogP contribution in [-0.4, -0.2) is 68.3 Å². The van der Waals surface area contributed by atoms with Crippen LogP contribution >= 0.6 is 0 Å². The van der Waals surface area contributed by atoms with Crippen LogP contribution in [0.3, 0.4) is 0 Å². The summed E-state index contributed by atoms with van der Waals surface area (Å²) in [5.74, 6) is 0. The fourth-order valence-corrected chi connectivity index (χ4v) is 2.75. The zero-order chi connectivity index (χ0) is 11.9. The first-order valence-corrected chi connectivity index (χ1v) is 7.15. The van der Waals surface area contributed by atoms with Crippen LogP contribution in [0.4, 0.5) is 0 Å². The van der Waals surface area contributed by atoms with Gasteiger partial charge in [-0.2, -0.15) is 0 Å². The van der Waals surface area contributed by atoms with Gasteiger partial charge in [-0.25, -0.2) is 0 Å². The van der Waals surface area contributed by atoms with Gasteiger partial charge in [-0.15, -0.1) is 0 Å². The van der Waals surface area contributed by atoms with E-state index in [0.717, 1.165) is 19.6 Å². The minimum absolute atomic E-state index is 0.547. The normalized spacial score (nSPS) is 27.7. The van der Waals surface area contributed by atoms with E-state index >= 15 is 0 Å². The zero-order valence-corrected chi connectivity index (χ0v) is 10.9. The highest BCUT2D eigenvalue weighted by molar-refractivity contribution is 4.74. The molecule has 2 N–H and O–H groups in total. The molecule has 0 aliphatic carbocycles. The lowest BCUT2D eigenvalue weighted by atomic mass is 10.1. The summed E-state index contributed by atoms with van der Waals surface area (Å²) in [4.78, 5) is 5.12. The Bertz CT molecular complexity index is 199. The molecule has 1 atom stereocenters. The molecule has 2 rings (SSSR count).